The molecule has 0 amide bonds. The van der Waals surface area contributed by atoms with Crippen LogP contribution in [0.3, 0.4) is 0 Å². The van der Waals surface area contributed by atoms with Gasteiger partial charge in [0.2, 0.25) is 0 Å². The fourth-order valence-electron chi connectivity index (χ4n) is 0.619. The van der Waals surface area contributed by atoms with Crippen LogP contribution in [0, 0.1) is 0 Å². The molecule has 0 aromatic rings. The summed E-state index contributed by atoms with van der Waals surface area (Å²) in [5.74, 6) is -0.439. The molecule has 68 valence electrons. The molecular weight excluding hydrogens is 156 g/mol. The number of hydrogen-bond acceptors (Lipinski definition) is 3. The molecule has 0 atom stereocenters. The van der Waals surface area contributed by atoms with Gasteiger partial charge in [-0.2, -0.15) is 0 Å². The molecule has 0 rings (SSSR count). The lowest BCUT2D eigenvalue weighted by Gasteiger charge is -2.03. The molecule has 12 heavy (non-hydrogen) atoms. The predicted molar refractivity (Wildman–Crippen MR) is 46.6 cm³/mol. The zero-order chi connectivity index (χ0) is 9.40. The molecule has 1 N–H and O–H groups in total. The van der Waals surface area contributed by atoms with Crippen LogP contribution in [0.25, 0.3) is 0 Å². The molecule has 3 nitrogen and oxygen atoms in total. The first kappa shape index (κ1) is 10.9. The van der Waals surface area contributed by atoms with E-state index in [0.29, 0.717) is 18.4 Å². The van der Waals surface area contributed by atoms with Crippen LogP contribution in [0.4, 0.5) is 0 Å². The van der Waals surface area contributed by atoms with Crippen LogP contribution in [-0.4, -0.2) is 24.3 Å². The lowest BCUT2D eigenvalue weighted by Crippen LogP contribution is -2.10. The lowest BCUT2D eigenvalue weighted by molar-refractivity contribution is -0.140. The molecule has 0 radical (unpaired) electrons. The second-order valence-electron chi connectivity index (χ2n) is 2.29. The third-order valence-electron chi connectivity index (χ3n) is 1.26. The van der Waals surface area contributed by atoms with E-state index < -0.39 is 5.97 Å². The van der Waals surface area contributed by atoms with Crippen molar-refractivity contribution in [2.75, 3.05) is 13.2 Å². The normalized spacial score (nSPS) is 9.08. The Hall–Kier alpha value is -1.09. The molecule has 0 aromatic carbocycles. The first-order valence-corrected chi connectivity index (χ1v) is 3.79. The zero-order valence-corrected chi connectivity index (χ0v) is 7.08. The summed E-state index contributed by atoms with van der Waals surface area (Å²) in [5.41, 5.74) is 0.420. The van der Waals surface area contributed by atoms with Crippen LogP contribution < -0.4 is 0 Å². The summed E-state index contributed by atoms with van der Waals surface area (Å²) in [6.07, 6.45) is 2.99. The molecule has 0 aliphatic carbocycles. The molecule has 3 heteroatoms. The van der Waals surface area contributed by atoms with Crippen LogP contribution in [0.2, 0.25) is 0 Å². The van der Waals surface area contributed by atoms with Gasteiger partial charge < -0.3 is 9.84 Å². The first-order valence-electron chi connectivity index (χ1n) is 3.79. The van der Waals surface area contributed by atoms with Gasteiger partial charge >= 0.3 is 5.97 Å². The number of allylic oxidation sites excluding steroid dienone is 1. The van der Waals surface area contributed by atoms with Crippen molar-refractivity contribution in [3.8, 4) is 0 Å². The van der Waals surface area contributed by atoms with E-state index in [2.05, 4.69) is 17.9 Å². The molecule has 0 spiro atoms. The number of carbonyl (C=O) groups excluding carboxylic acids is 1. The van der Waals surface area contributed by atoms with Crippen LogP contribution in [0.15, 0.2) is 24.8 Å². The SMILES string of the molecule is C=CCCC(=C)C(=O)OCCO. The summed E-state index contributed by atoms with van der Waals surface area (Å²) >= 11 is 0. The van der Waals surface area contributed by atoms with Crippen molar-refractivity contribution in [2.24, 2.45) is 0 Å². The average molecular weight is 170 g/mol. The highest BCUT2D eigenvalue weighted by atomic mass is 16.5. The van der Waals surface area contributed by atoms with Crippen molar-refractivity contribution >= 4 is 5.97 Å². The molecule has 0 saturated carbocycles. The summed E-state index contributed by atoms with van der Waals surface area (Å²) in [6, 6.07) is 0. The van der Waals surface area contributed by atoms with Gasteiger partial charge in [0.25, 0.3) is 0 Å². The van der Waals surface area contributed by atoms with Crippen molar-refractivity contribution in [3.05, 3.63) is 24.8 Å². The molecule has 0 aliphatic rings. The van der Waals surface area contributed by atoms with Gasteiger partial charge in [-0.1, -0.05) is 12.7 Å². The topological polar surface area (TPSA) is 46.5 Å². The number of ether oxygens (including phenoxy) is 1. The number of esters is 1. The van der Waals surface area contributed by atoms with Crippen LogP contribution >= 0.6 is 0 Å². The molecule has 0 fully saturated rings. The van der Waals surface area contributed by atoms with E-state index in [4.69, 9.17) is 5.11 Å². The number of aliphatic hydroxyl groups excluding tert-OH is 1. The number of rotatable bonds is 6. The first-order chi connectivity index (χ1) is 5.72. The van der Waals surface area contributed by atoms with E-state index in [1.54, 1.807) is 6.08 Å². The molecule has 0 heterocycles. The van der Waals surface area contributed by atoms with E-state index in [-0.39, 0.29) is 13.2 Å². The van der Waals surface area contributed by atoms with Crippen LogP contribution in [-0.2, 0) is 9.53 Å². The van der Waals surface area contributed by atoms with Gasteiger partial charge in [-0.3, -0.25) is 0 Å². The third kappa shape index (κ3) is 4.68. The molecule has 0 saturated heterocycles. The Morgan fingerprint density at radius 1 is 1.58 bits per heavy atom. The Balaban J connectivity index is 3.61. The Morgan fingerprint density at radius 2 is 2.25 bits per heavy atom. The molecule has 0 aliphatic heterocycles. The molecule has 0 bridgehead atoms. The van der Waals surface area contributed by atoms with Crippen molar-refractivity contribution in [3.63, 3.8) is 0 Å². The number of aliphatic hydroxyl groups is 1. The maximum Gasteiger partial charge on any atom is 0.333 e. The number of carbonyl (C=O) groups is 1. The second-order valence-corrected chi connectivity index (χ2v) is 2.29. The third-order valence-corrected chi connectivity index (χ3v) is 1.26. The van der Waals surface area contributed by atoms with E-state index in [9.17, 15) is 4.79 Å². The fraction of sp³-hybridized carbons (Fsp3) is 0.444. The lowest BCUT2D eigenvalue weighted by atomic mass is 10.2. The smallest absolute Gasteiger partial charge is 0.333 e. The Bertz CT molecular complexity index is 173. The Labute approximate surface area is 72.3 Å². The highest BCUT2D eigenvalue weighted by molar-refractivity contribution is 5.87. The van der Waals surface area contributed by atoms with Gasteiger partial charge in [0.05, 0.1) is 6.61 Å². The van der Waals surface area contributed by atoms with Gasteiger partial charge in [-0.05, 0) is 12.8 Å². The van der Waals surface area contributed by atoms with Crippen LogP contribution in [0.1, 0.15) is 12.8 Å². The summed E-state index contributed by atoms with van der Waals surface area (Å²) in [7, 11) is 0. The van der Waals surface area contributed by atoms with Gasteiger partial charge in [0.15, 0.2) is 0 Å². The summed E-state index contributed by atoms with van der Waals surface area (Å²) in [5, 5.41) is 8.35. The van der Waals surface area contributed by atoms with Gasteiger partial charge in [0.1, 0.15) is 6.61 Å². The van der Waals surface area contributed by atoms with Crippen molar-refractivity contribution < 1.29 is 14.6 Å². The van der Waals surface area contributed by atoms with Crippen molar-refractivity contribution in [2.45, 2.75) is 12.8 Å². The fourth-order valence-corrected chi connectivity index (χ4v) is 0.619. The van der Waals surface area contributed by atoms with E-state index in [1.165, 1.54) is 0 Å². The van der Waals surface area contributed by atoms with Crippen LogP contribution in [0.5, 0.6) is 0 Å². The molecule has 0 aromatic heterocycles. The standard InChI is InChI=1S/C9H14O3/c1-3-4-5-8(2)9(11)12-7-6-10/h3,10H,1-2,4-7H2. The highest BCUT2D eigenvalue weighted by Gasteiger charge is 2.05. The maximum absolute atomic E-state index is 10.9. The van der Waals surface area contributed by atoms with E-state index >= 15 is 0 Å². The van der Waals surface area contributed by atoms with Gasteiger partial charge in [0, 0.05) is 5.57 Å². The van der Waals surface area contributed by atoms with Crippen molar-refractivity contribution in [1.82, 2.24) is 0 Å². The number of hydrogen-bond donors (Lipinski definition) is 1. The summed E-state index contributed by atoms with van der Waals surface area (Å²) in [6.45, 7) is 6.94. The highest BCUT2D eigenvalue weighted by Crippen LogP contribution is 2.04. The molecular formula is C9H14O3. The van der Waals surface area contributed by atoms with Gasteiger partial charge in [-0.15, -0.1) is 6.58 Å². The monoisotopic (exact) mass is 170 g/mol. The predicted octanol–water partition coefficient (Wildman–Crippen LogP) is 1.04. The summed E-state index contributed by atoms with van der Waals surface area (Å²) in [4.78, 5) is 10.9. The maximum atomic E-state index is 10.9. The zero-order valence-electron chi connectivity index (χ0n) is 7.08. The van der Waals surface area contributed by atoms with E-state index in [0.717, 1.165) is 0 Å². The average Bonchev–Trinajstić information content (AvgIpc) is 2.10. The van der Waals surface area contributed by atoms with E-state index in [1.807, 2.05) is 0 Å². The van der Waals surface area contributed by atoms with Crippen molar-refractivity contribution in [1.29, 1.82) is 0 Å². The summed E-state index contributed by atoms with van der Waals surface area (Å²) < 4.78 is 4.63. The second kappa shape index (κ2) is 6.61. The minimum atomic E-state index is -0.439. The Kier molecular flexibility index (Phi) is 6.01. The molecule has 0 unspecified atom stereocenters. The minimum absolute atomic E-state index is 0.0337. The quantitative estimate of drug-likeness (QED) is 0.368. The van der Waals surface area contributed by atoms with Gasteiger partial charge in [-0.25, -0.2) is 4.79 Å². The minimum Gasteiger partial charge on any atom is -0.460 e. The largest absolute Gasteiger partial charge is 0.460 e. The Morgan fingerprint density at radius 3 is 2.75 bits per heavy atom.